The number of amides is 2. The van der Waals surface area contributed by atoms with Crippen LogP contribution in [0.1, 0.15) is 24.5 Å². The highest BCUT2D eigenvalue weighted by molar-refractivity contribution is 7.99. The third-order valence-electron chi connectivity index (χ3n) is 4.56. The molecule has 3 rings (SSSR count). The molecule has 2 aliphatic rings. The molecule has 0 aromatic heterocycles. The standard InChI is InChI=1S/C18H24N2O3S/c21-16(14-4-2-1-3-5-14)12-24-13-17(22)19-8-10-20(11-9-19)18(23)15-6-7-15/h1-5,15-16,21H,6-13H2/t16-/m1/s1. The summed E-state index contributed by atoms with van der Waals surface area (Å²) in [6, 6.07) is 9.50. The Labute approximate surface area is 147 Å². The summed E-state index contributed by atoms with van der Waals surface area (Å²) < 4.78 is 0. The SMILES string of the molecule is O=C(CSC[C@@H](O)c1ccccc1)N1CCN(C(=O)C2CC2)CC1. The van der Waals surface area contributed by atoms with E-state index in [4.69, 9.17) is 0 Å². The van der Waals surface area contributed by atoms with Crippen LogP contribution in [0.3, 0.4) is 0 Å². The van der Waals surface area contributed by atoms with Gasteiger partial charge in [0.15, 0.2) is 0 Å². The number of piperazine rings is 1. The number of aliphatic hydroxyl groups is 1. The molecule has 1 aromatic rings. The van der Waals surface area contributed by atoms with Gasteiger partial charge in [-0.2, -0.15) is 0 Å². The van der Waals surface area contributed by atoms with Crippen molar-refractivity contribution in [2.45, 2.75) is 18.9 Å². The Morgan fingerprint density at radius 3 is 2.33 bits per heavy atom. The van der Waals surface area contributed by atoms with E-state index in [-0.39, 0.29) is 17.7 Å². The van der Waals surface area contributed by atoms with E-state index >= 15 is 0 Å². The van der Waals surface area contributed by atoms with Crippen molar-refractivity contribution in [3.63, 3.8) is 0 Å². The summed E-state index contributed by atoms with van der Waals surface area (Å²) in [5, 5.41) is 10.1. The first-order valence-corrected chi connectivity index (χ1v) is 9.68. The topological polar surface area (TPSA) is 60.9 Å². The van der Waals surface area contributed by atoms with Crippen molar-refractivity contribution in [2.24, 2.45) is 5.92 Å². The fourth-order valence-corrected chi connectivity index (χ4v) is 3.78. The van der Waals surface area contributed by atoms with Crippen LogP contribution < -0.4 is 0 Å². The van der Waals surface area contributed by atoms with Crippen LogP contribution in [0, 0.1) is 5.92 Å². The third kappa shape index (κ3) is 4.51. The molecule has 1 saturated carbocycles. The monoisotopic (exact) mass is 348 g/mol. The van der Waals surface area contributed by atoms with Gasteiger partial charge in [0, 0.05) is 37.8 Å². The van der Waals surface area contributed by atoms with E-state index in [9.17, 15) is 14.7 Å². The largest absolute Gasteiger partial charge is 0.388 e. The summed E-state index contributed by atoms with van der Waals surface area (Å²) in [6.45, 7) is 2.55. The molecular weight excluding hydrogens is 324 g/mol. The molecule has 1 aliphatic carbocycles. The fraction of sp³-hybridized carbons (Fsp3) is 0.556. The Bertz CT molecular complexity index is 569. The van der Waals surface area contributed by atoms with Crippen molar-refractivity contribution in [2.75, 3.05) is 37.7 Å². The summed E-state index contributed by atoms with van der Waals surface area (Å²) in [7, 11) is 0. The molecule has 1 aromatic carbocycles. The molecule has 0 spiro atoms. The summed E-state index contributed by atoms with van der Waals surface area (Å²) in [6.07, 6.45) is 1.51. The Hall–Kier alpha value is -1.53. The lowest BCUT2D eigenvalue weighted by Crippen LogP contribution is -2.51. The van der Waals surface area contributed by atoms with E-state index in [1.807, 2.05) is 40.1 Å². The first kappa shape index (κ1) is 17.3. The second-order valence-electron chi connectivity index (χ2n) is 6.42. The fourth-order valence-electron chi connectivity index (χ4n) is 2.89. The molecule has 5 nitrogen and oxygen atoms in total. The Balaban J connectivity index is 1.36. The predicted molar refractivity (Wildman–Crippen MR) is 94.6 cm³/mol. The van der Waals surface area contributed by atoms with Crippen molar-refractivity contribution >= 4 is 23.6 Å². The van der Waals surface area contributed by atoms with Crippen LogP contribution in [0.15, 0.2) is 30.3 Å². The van der Waals surface area contributed by atoms with Gasteiger partial charge in [-0.1, -0.05) is 30.3 Å². The lowest BCUT2D eigenvalue weighted by molar-refractivity contribution is -0.139. The van der Waals surface area contributed by atoms with E-state index in [0.29, 0.717) is 37.7 Å². The first-order chi connectivity index (χ1) is 11.6. The zero-order chi connectivity index (χ0) is 16.9. The van der Waals surface area contributed by atoms with Gasteiger partial charge in [0.05, 0.1) is 11.9 Å². The molecule has 1 heterocycles. The van der Waals surface area contributed by atoms with Gasteiger partial charge in [-0.3, -0.25) is 9.59 Å². The van der Waals surface area contributed by atoms with Crippen molar-refractivity contribution in [3.8, 4) is 0 Å². The van der Waals surface area contributed by atoms with Gasteiger partial charge in [-0.05, 0) is 18.4 Å². The molecule has 2 fully saturated rings. The maximum atomic E-state index is 12.3. The summed E-state index contributed by atoms with van der Waals surface area (Å²) in [5.41, 5.74) is 0.879. The summed E-state index contributed by atoms with van der Waals surface area (Å²) in [5.74, 6) is 1.50. The predicted octanol–water partition coefficient (Wildman–Crippen LogP) is 1.53. The molecule has 0 radical (unpaired) electrons. The highest BCUT2D eigenvalue weighted by atomic mass is 32.2. The summed E-state index contributed by atoms with van der Waals surface area (Å²) >= 11 is 1.46. The number of carbonyl (C=O) groups is 2. The molecular formula is C18H24N2O3S. The van der Waals surface area contributed by atoms with Crippen LogP contribution in [-0.4, -0.2) is 64.4 Å². The molecule has 24 heavy (non-hydrogen) atoms. The zero-order valence-electron chi connectivity index (χ0n) is 13.8. The van der Waals surface area contributed by atoms with Crippen molar-refractivity contribution < 1.29 is 14.7 Å². The average Bonchev–Trinajstić information content (AvgIpc) is 3.47. The number of thioether (sulfide) groups is 1. The lowest BCUT2D eigenvalue weighted by atomic mass is 10.1. The number of hydrogen-bond acceptors (Lipinski definition) is 4. The van der Waals surface area contributed by atoms with E-state index in [1.165, 1.54) is 11.8 Å². The molecule has 130 valence electrons. The maximum Gasteiger partial charge on any atom is 0.232 e. The number of benzene rings is 1. The van der Waals surface area contributed by atoms with Crippen molar-refractivity contribution in [3.05, 3.63) is 35.9 Å². The van der Waals surface area contributed by atoms with Gasteiger partial charge >= 0.3 is 0 Å². The van der Waals surface area contributed by atoms with Crippen LogP contribution in [0.5, 0.6) is 0 Å². The van der Waals surface area contributed by atoms with Crippen molar-refractivity contribution in [1.82, 2.24) is 9.80 Å². The number of nitrogens with zero attached hydrogens (tertiary/aromatic N) is 2. The van der Waals surface area contributed by atoms with E-state index in [1.54, 1.807) is 0 Å². The highest BCUT2D eigenvalue weighted by Crippen LogP contribution is 2.31. The molecule has 1 saturated heterocycles. The first-order valence-electron chi connectivity index (χ1n) is 8.52. The van der Waals surface area contributed by atoms with Gasteiger partial charge < -0.3 is 14.9 Å². The highest BCUT2D eigenvalue weighted by Gasteiger charge is 2.35. The Morgan fingerprint density at radius 2 is 1.71 bits per heavy atom. The van der Waals surface area contributed by atoms with Crippen molar-refractivity contribution in [1.29, 1.82) is 0 Å². The molecule has 0 unspecified atom stereocenters. The minimum atomic E-state index is -0.544. The van der Waals surface area contributed by atoms with E-state index in [0.717, 1.165) is 18.4 Å². The molecule has 0 bridgehead atoms. The molecule has 2 amide bonds. The van der Waals surface area contributed by atoms with Crippen LogP contribution in [0.25, 0.3) is 0 Å². The Kier molecular flexibility index (Phi) is 5.79. The zero-order valence-corrected chi connectivity index (χ0v) is 14.6. The van der Waals surface area contributed by atoms with Gasteiger partial charge in [0.25, 0.3) is 0 Å². The number of hydrogen-bond donors (Lipinski definition) is 1. The average molecular weight is 348 g/mol. The number of rotatable bonds is 6. The molecule has 1 aliphatic heterocycles. The van der Waals surface area contributed by atoms with Gasteiger partial charge in [-0.25, -0.2) is 0 Å². The molecule has 1 N–H and O–H groups in total. The number of aliphatic hydroxyl groups excluding tert-OH is 1. The quantitative estimate of drug-likeness (QED) is 0.847. The molecule has 1 atom stereocenters. The van der Waals surface area contributed by atoms with Gasteiger partial charge in [-0.15, -0.1) is 11.8 Å². The second kappa shape index (κ2) is 8.03. The van der Waals surface area contributed by atoms with E-state index < -0.39 is 6.10 Å². The second-order valence-corrected chi connectivity index (χ2v) is 7.45. The van der Waals surface area contributed by atoms with Crippen LogP contribution in [0.4, 0.5) is 0 Å². The Morgan fingerprint density at radius 1 is 1.08 bits per heavy atom. The lowest BCUT2D eigenvalue weighted by Gasteiger charge is -2.35. The maximum absolute atomic E-state index is 12.3. The third-order valence-corrected chi connectivity index (χ3v) is 5.56. The smallest absolute Gasteiger partial charge is 0.232 e. The van der Waals surface area contributed by atoms with Crippen LogP contribution in [0.2, 0.25) is 0 Å². The van der Waals surface area contributed by atoms with Gasteiger partial charge in [0.2, 0.25) is 11.8 Å². The minimum absolute atomic E-state index is 0.0961. The van der Waals surface area contributed by atoms with Crippen LogP contribution >= 0.6 is 11.8 Å². The summed E-state index contributed by atoms with van der Waals surface area (Å²) in [4.78, 5) is 28.0. The van der Waals surface area contributed by atoms with Crippen LogP contribution in [-0.2, 0) is 9.59 Å². The number of carbonyl (C=O) groups excluding carboxylic acids is 2. The van der Waals surface area contributed by atoms with Gasteiger partial charge in [0.1, 0.15) is 0 Å². The minimum Gasteiger partial charge on any atom is -0.388 e. The normalized spacial score (nSPS) is 19.2. The van der Waals surface area contributed by atoms with E-state index in [2.05, 4.69) is 0 Å². The molecule has 6 heteroatoms.